The Morgan fingerprint density at radius 2 is 1.56 bits per heavy atom. The summed E-state index contributed by atoms with van der Waals surface area (Å²) >= 11 is 0. The van der Waals surface area contributed by atoms with Gasteiger partial charge in [0.05, 0.1) is 0 Å². The molecule has 0 aliphatic heterocycles. The Hall–Kier alpha value is -0.820. The third kappa shape index (κ3) is 2.21. The van der Waals surface area contributed by atoms with Gasteiger partial charge >= 0.3 is 0 Å². The van der Waals surface area contributed by atoms with Crippen molar-refractivity contribution in [3.63, 3.8) is 0 Å². The standard InChI is InChI=1S/C17H25N/c1-18(2)12-16-13-8-10-15(11-9-13)17(16)14-6-4-3-5-7-14/h3-7,13,15-17H,8-12H2,1-2H3/t13?,15?,16-,17-/m0/s1. The molecule has 1 aromatic rings. The van der Waals surface area contributed by atoms with Gasteiger partial charge in [-0.15, -0.1) is 0 Å². The smallest absolute Gasteiger partial charge is 0.00122 e. The Balaban J connectivity index is 1.89. The quantitative estimate of drug-likeness (QED) is 0.781. The van der Waals surface area contributed by atoms with Gasteiger partial charge in [0.2, 0.25) is 0 Å². The molecule has 0 amide bonds. The Kier molecular flexibility index (Phi) is 3.43. The number of benzene rings is 1. The van der Waals surface area contributed by atoms with Crippen LogP contribution in [0, 0.1) is 17.8 Å². The zero-order valence-electron chi connectivity index (χ0n) is 11.7. The fourth-order valence-corrected chi connectivity index (χ4v) is 4.45. The third-order valence-electron chi connectivity index (χ3n) is 5.15. The molecule has 3 fully saturated rings. The zero-order valence-corrected chi connectivity index (χ0v) is 11.7. The largest absolute Gasteiger partial charge is 0.309 e. The second kappa shape index (κ2) is 5.05. The number of hydrogen-bond acceptors (Lipinski definition) is 1. The van der Waals surface area contributed by atoms with Crippen LogP contribution >= 0.6 is 0 Å². The van der Waals surface area contributed by atoms with Crippen LogP contribution in [0.2, 0.25) is 0 Å². The minimum Gasteiger partial charge on any atom is -0.309 e. The van der Waals surface area contributed by atoms with Crippen molar-refractivity contribution in [2.45, 2.75) is 31.6 Å². The van der Waals surface area contributed by atoms with Crippen LogP contribution in [-0.2, 0) is 0 Å². The molecule has 1 heteroatoms. The third-order valence-corrected chi connectivity index (χ3v) is 5.15. The molecule has 98 valence electrons. The first-order valence-electron chi connectivity index (χ1n) is 7.45. The Bertz CT molecular complexity index is 376. The van der Waals surface area contributed by atoms with Crippen LogP contribution in [0.25, 0.3) is 0 Å². The van der Waals surface area contributed by atoms with E-state index in [1.54, 1.807) is 5.56 Å². The van der Waals surface area contributed by atoms with E-state index < -0.39 is 0 Å². The molecule has 1 nitrogen and oxygen atoms in total. The van der Waals surface area contributed by atoms with E-state index in [4.69, 9.17) is 0 Å². The number of fused-ring (bicyclic) bond motifs is 3. The first kappa shape index (κ1) is 12.2. The molecule has 0 saturated heterocycles. The molecular formula is C17H25N. The van der Waals surface area contributed by atoms with Crippen LogP contribution in [-0.4, -0.2) is 25.5 Å². The van der Waals surface area contributed by atoms with Gasteiger partial charge in [-0.1, -0.05) is 30.3 Å². The van der Waals surface area contributed by atoms with Gasteiger partial charge in [0.15, 0.2) is 0 Å². The van der Waals surface area contributed by atoms with E-state index >= 15 is 0 Å². The van der Waals surface area contributed by atoms with Gasteiger partial charge in [0.1, 0.15) is 0 Å². The minimum absolute atomic E-state index is 0.820. The Labute approximate surface area is 111 Å². The molecular weight excluding hydrogens is 218 g/mol. The summed E-state index contributed by atoms with van der Waals surface area (Å²) in [7, 11) is 4.45. The van der Waals surface area contributed by atoms with Crippen molar-refractivity contribution in [3.05, 3.63) is 35.9 Å². The maximum Gasteiger partial charge on any atom is 0.00122 e. The highest BCUT2D eigenvalue weighted by atomic mass is 15.1. The molecule has 3 saturated carbocycles. The fourth-order valence-electron chi connectivity index (χ4n) is 4.45. The zero-order chi connectivity index (χ0) is 12.5. The summed E-state index contributed by atoms with van der Waals surface area (Å²) in [6, 6.07) is 11.3. The summed E-state index contributed by atoms with van der Waals surface area (Å²) in [5, 5.41) is 0. The molecule has 4 rings (SSSR count). The van der Waals surface area contributed by atoms with Gasteiger partial charge < -0.3 is 4.90 Å². The number of hydrogen-bond donors (Lipinski definition) is 0. The van der Waals surface area contributed by atoms with Gasteiger partial charge in [-0.3, -0.25) is 0 Å². The average Bonchev–Trinajstić information content (AvgIpc) is 2.40. The van der Waals surface area contributed by atoms with E-state index in [1.165, 1.54) is 32.2 Å². The van der Waals surface area contributed by atoms with Crippen molar-refractivity contribution in [1.29, 1.82) is 0 Å². The molecule has 1 aromatic carbocycles. The van der Waals surface area contributed by atoms with Crippen LogP contribution in [0.4, 0.5) is 0 Å². The van der Waals surface area contributed by atoms with Crippen molar-refractivity contribution in [2.24, 2.45) is 17.8 Å². The summed E-state index contributed by atoms with van der Waals surface area (Å²) in [6.45, 7) is 1.26. The molecule has 0 aromatic heterocycles. The molecule has 0 spiro atoms. The molecule has 0 heterocycles. The summed E-state index contributed by atoms with van der Waals surface area (Å²) < 4.78 is 0. The molecule has 18 heavy (non-hydrogen) atoms. The highest BCUT2D eigenvalue weighted by Gasteiger charge is 2.43. The van der Waals surface area contributed by atoms with Gasteiger partial charge in [-0.05, 0) is 69.0 Å². The molecule has 3 aliphatic rings. The number of rotatable bonds is 3. The SMILES string of the molecule is CN(C)C[C@H]1C2CCC(CC2)[C@@H]1c1ccccc1. The van der Waals surface area contributed by atoms with Gasteiger partial charge in [0.25, 0.3) is 0 Å². The van der Waals surface area contributed by atoms with Gasteiger partial charge in [0, 0.05) is 6.54 Å². The summed E-state index contributed by atoms with van der Waals surface area (Å²) in [6.07, 6.45) is 5.89. The van der Waals surface area contributed by atoms with E-state index in [2.05, 4.69) is 49.3 Å². The molecule has 0 radical (unpaired) electrons. The highest BCUT2D eigenvalue weighted by molar-refractivity contribution is 5.23. The normalized spacial score (nSPS) is 35.1. The van der Waals surface area contributed by atoms with E-state index in [9.17, 15) is 0 Å². The second-order valence-electron chi connectivity index (χ2n) is 6.54. The second-order valence-corrected chi connectivity index (χ2v) is 6.54. The van der Waals surface area contributed by atoms with E-state index in [1.807, 2.05) is 0 Å². The molecule has 2 atom stereocenters. The van der Waals surface area contributed by atoms with E-state index in [0.29, 0.717) is 0 Å². The molecule has 0 N–H and O–H groups in total. The Morgan fingerprint density at radius 3 is 2.17 bits per heavy atom. The van der Waals surface area contributed by atoms with Gasteiger partial charge in [-0.2, -0.15) is 0 Å². The van der Waals surface area contributed by atoms with Crippen LogP contribution < -0.4 is 0 Å². The predicted molar refractivity (Wildman–Crippen MR) is 76.7 cm³/mol. The van der Waals surface area contributed by atoms with Crippen molar-refractivity contribution in [3.8, 4) is 0 Å². The van der Waals surface area contributed by atoms with E-state index in [0.717, 1.165) is 23.7 Å². The number of nitrogens with zero attached hydrogens (tertiary/aromatic N) is 1. The first-order valence-corrected chi connectivity index (χ1v) is 7.45. The lowest BCUT2D eigenvalue weighted by Gasteiger charge is -2.50. The lowest BCUT2D eigenvalue weighted by molar-refractivity contribution is 0.0507. The average molecular weight is 243 g/mol. The summed E-state index contributed by atoms with van der Waals surface area (Å²) in [4.78, 5) is 2.39. The van der Waals surface area contributed by atoms with Crippen molar-refractivity contribution < 1.29 is 0 Å². The van der Waals surface area contributed by atoms with E-state index in [-0.39, 0.29) is 0 Å². The maximum atomic E-state index is 2.39. The van der Waals surface area contributed by atoms with Crippen LogP contribution in [0.1, 0.15) is 37.2 Å². The van der Waals surface area contributed by atoms with Crippen molar-refractivity contribution in [2.75, 3.05) is 20.6 Å². The topological polar surface area (TPSA) is 3.24 Å². The molecule has 2 bridgehead atoms. The van der Waals surface area contributed by atoms with Crippen molar-refractivity contribution in [1.82, 2.24) is 4.90 Å². The van der Waals surface area contributed by atoms with Crippen LogP contribution in [0.5, 0.6) is 0 Å². The minimum atomic E-state index is 0.820. The van der Waals surface area contributed by atoms with Crippen LogP contribution in [0.15, 0.2) is 30.3 Å². The molecule has 0 unspecified atom stereocenters. The highest BCUT2D eigenvalue weighted by Crippen LogP contribution is 2.53. The lowest BCUT2D eigenvalue weighted by Crippen LogP contribution is -2.43. The summed E-state index contributed by atoms with van der Waals surface area (Å²) in [5.41, 5.74) is 1.60. The van der Waals surface area contributed by atoms with Gasteiger partial charge in [-0.25, -0.2) is 0 Å². The predicted octanol–water partition coefficient (Wildman–Crippen LogP) is 3.77. The monoisotopic (exact) mass is 243 g/mol. The Morgan fingerprint density at radius 1 is 0.944 bits per heavy atom. The molecule has 3 aliphatic carbocycles. The lowest BCUT2D eigenvalue weighted by atomic mass is 9.57. The van der Waals surface area contributed by atoms with Crippen LogP contribution in [0.3, 0.4) is 0 Å². The summed E-state index contributed by atoms with van der Waals surface area (Å²) in [5.74, 6) is 3.63. The fraction of sp³-hybridized carbons (Fsp3) is 0.647. The maximum absolute atomic E-state index is 2.39. The first-order chi connectivity index (χ1) is 8.75. The van der Waals surface area contributed by atoms with Crippen molar-refractivity contribution >= 4 is 0 Å².